The van der Waals surface area contributed by atoms with Crippen molar-refractivity contribution in [2.75, 3.05) is 13.1 Å². The number of hydrogen-bond acceptors (Lipinski definition) is 3. The Morgan fingerprint density at radius 3 is 2.81 bits per heavy atom. The number of para-hydroxylation sites is 1. The maximum atomic E-state index is 12.0. The second-order valence-corrected chi connectivity index (χ2v) is 5.36. The molecule has 21 heavy (non-hydrogen) atoms. The van der Waals surface area contributed by atoms with E-state index in [1.54, 1.807) is 6.92 Å². The normalized spacial score (nSPS) is 12.0. The van der Waals surface area contributed by atoms with E-state index in [-0.39, 0.29) is 5.91 Å². The average molecular weight is 292 g/mol. The standard InChI is InChI=1S/C17H28N2O2/c1-4-5-6-12-19-17(20)14(3)21-16-13(2)8-7-9-15(16)10-11-18/h7-9,14H,4-6,10-12,18H2,1-3H3,(H,19,20). The van der Waals surface area contributed by atoms with Crippen LogP contribution in [0.25, 0.3) is 0 Å². The molecule has 118 valence electrons. The van der Waals surface area contributed by atoms with Gasteiger partial charge < -0.3 is 15.8 Å². The first-order valence-electron chi connectivity index (χ1n) is 7.83. The first-order chi connectivity index (χ1) is 10.1. The molecular weight excluding hydrogens is 264 g/mol. The van der Waals surface area contributed by atoms with Crippen molar-refractivity contribution in [1.82, 2.24) is 5.32 Å². The molecule has 1 amide bonds. The minimum atomic E-state index is -0.496. The van der Waals surface area contributed by atoms with Crippen molar-refractivity contribution in [3.8, 4) is 5.75 Å². The lowest BCUT2D eigenvalue weighted by molar-refractivity contribution is -0.127. The first kappa shape index (κ1) is 17.5. The van der Waals surface area contributed by atoms with Crippen LogP contribution in [-0.4, -0.2) is 25.1 Å². The summed E-state index contributed by atoms with van der Waals surface area (Å²) in [6.45, 7) is 7.20. The zero-order valence-corrected chi connectivity index (χ0v) is 13.4. The smallest absolute Gasteiger partial charge is 0.260 e. The molecule has 1 rings (SSSR count). The predicted molar refractivity (Wildman–Crippen MR) is 86.6 cm³/mol. The minimum Gasteiger partial charge on any atom is -0.480 e. The minimum absolute atomic E-state index is 0.0620. The Bertz CT molecular complexity index is 446. The highest BCUT2D eigenvalue weighted by molar-refractivity contribution is 5.80. The van der Waals surface area contributed by atoms with E-state index < -0.39 is 6.10 Å². The average Bonchev–Trinajstić information content (AvgIpc) is 2.47. The maximum absolute atomic E-state index is 12.0. The molecular formula is C17H28N2O2. The van der Waals surface area contributed by atoms with Crippen LogP contribution in [0.3, 0.4) is 0 Å². The Kier molecular flexibility index (Phi) is 7.83. The predicted octanol–water partition coefficient (Wildman–Crippen LogP) is 2.57. The summed E-state index contributed by atoms with van der Waals surface area (Å²) in [5.41, 5.74) is 7.72. The lowest BCUT2D eigenvalue weighted by atomic mass is 10.1. The van der Waals surface area contributed by atoms with Crippen molar-refractivity contribution < 1.29 is 9.53 Å². The monoisotopic (exact) mass is 292 g/mol. The molecule has 0 aromatic heterocycles. The molecule has 0 saturated heterocycles. The zero-order valence-electron chi connectivity index (χ0n) is 13.4. The number of benzene rings is 1. The van der Waals surface area contributed by atoms with Crippen molar-refractivity contribution in [1.29, 1.82) is 0 Å². The third-order valence-electron chi connectivity index (χ3n) is 3.45. The molecule has 1 unspecified atom stereocenters. The number of nitrogens with one attached hydrogen (secondary N) is 1. The fourth-order valence-corrected chi connectivity index (χ4v) is 2.19. The van der Waals surface area contributed by atoms with E-state index in [0.29, 0.717) is 13.1 Å². The SMILES string of the molecule is CCCCCNC(=O)C(C)Oc1c(C)cccc1CCN. The van der Waals surface area contributed by atoms with Gasteiger partial charge in [-0.2, -0.15) is 0 Å². The highest BCUT2D eigenvalue weighted by Gasteiger charge is 2.17. The highest BCUT2D eigenvalue weighted by Crippen LogP contribution is 2.24. The van der Waals surface area contributed by atoms with Gasteiger partial charge in [-0.3, -0.25) is 4.79 Å². The molecule has 0 heterocycles. The van der Waals surface area contributed by atoms with Crippen LogP contribution in [-0.2, 0) is 11.2 Å². The second-order valence-electron chi connectivity index (χ2n) is 5.36. The van der Waals surface area contributed by atoms with E-state index in [1.807, 2.05) is 25.1 Å². The maximum Gasteiger partial charge on any atom is 0.260 e. The quantitative estimate of drug-likeness (QED) is 0.688. The van der Waals surface area contributed by atoms with Crippen molar-refractivity contribution in [2.45, 2.75) is 52.6 Å². The van der Waals surface area contributed by atoms with Crippen LogP contribution in [0.2, 0.25) is 0 Å². The Labute approximate surface area is 128 Å². The van der Waals surface area contributed by atoms with E-state index in [4.69, 9.17) is 10.5 Å². The molecule has 3 N–H and O–H groups in total. The second kappa shape index (κ2) is 9.40. The molecule has 0 bridgehead atoms. The van der Waals surface area contributed by atoms with Crippen LogP contribution < -0.4 is 15.8 Å². The van der Waals surface area contributed by atoms with Crippen molar-refractivity contribution in [2.24, 2.45) is 5.73 Å². The van der Waals surface area contributed by atoms with Crippen LogP contribution in [0, 0.1) is 6.92 Å². The Morgan fingerprint density at radius 1 is 1.38 bits per heavy atom. The van der Waals surface area contributed by atoms with E-state index in [9.17, 15) is 4.79 Å². The molecule has 0 radical (unpaired) electrons. The van der Waals surface area contributed by atoms with Crippen LogP contribution in [0.5, 0.6) is 5.75 Å². The van der Waals surface area contributed by atoms with Crippen molar-refractivity contribution >= 4 is 5.91 Å². The van der Waals surface area contributed by atoms with Gasteiger partial charge >= 0.3 is 0 Å². The fraction of sp³-hybridized carbons (Fsp3) is 0.588. The molecule has 1 aromatic carbocycles. The topological polar surface area (TPSA) is 64.3 Å². The Morgan fingerprint density at radius 2 is 2.14 bits per heavy atom. The largest absolute Gasteiger partial charge is 0.480 e. The first-order valence-corrected chi connectivity index (χ1v) is 7.83. The Balaban J connectivity index is 2.61. The van der Waals surface area contributed by atoms with Gasteiger partial charge in [0, 0.05) is 6.54 Å². The molecule has 4 nitrogen and oxygen atoms in total. The molecule has 0 aliphatic heterocycles. The number of nitrogens with two attached hydrogens (primary N) is 1. The van der Waals surface area contributed by atoms with Gasteiger partial charge in [0.25, 0.3) is 5.91 Å². The fourth-order valence-electron chi connectivity index (χ4n) is 2.19. The molecule has 4 heteroatoms. The van der Waals surface area contributed by atoms with Gasteiger partial charge in [0.05, 0.1) is 0 Å². The summed E-state index contributed by atoms with van der Waals surface area (Å²) in [6.07, 6.45) is 3.55. The van der Waals surface area contributed by atoms with Crippen LogP contribution >= 0.6 is 0 Å². The molecule has 0 aliphatic rings. The number of ether oxygens (including phenoxy) is 1. The summed E-state index contributed by atoms with van der Waals surface area (Å²) in [5, 5.41) is 2.92. The van der Waals surface area contributed by atoms with Gasteiger partial charge in [0.15, 0.2) is 6.10 Å². The zero-order chi connectivity index (χ0) is 15.7. The van der Waals surface area contributed by atoms with Gasteiger partial charge in [-0.15, -0.1) is 0 Å². The van der Waals surface area contributed by atoms with Crippen molar-refractivity contribution in [3.05, 3.63) is 29.3 Å². The van der Waals surface area contributed by atoms with Gasteiger partial charge in [0.2, 0.25) is 0 Å². The van der Waals surface area contributed by atoms with E-state index in [0.717, 1.165) is 42.6 Å². The lowest BCUT2D eigenvalue weighted by Gasteiger charge is -2.19. The lowest BCUT2D eigenvalue weighted by Crippen LogP contribution is -2.37. The molecule has 0 fully saturated rings. The highest BCUT2D eigenvalue weighted by atomic mass is 16.5. The van der Waals surface area contributed by atoms with Gasteiger partial charge in [-0.1, -0.05) is 38.0 Å². The molecule has 0 aliphatic carbocycles. The van der Waals surface area contributed by atoms with Gasteiger partial charge in [0.1, 0.15) is 5.75 Å². The summed E-state index contributed by atoms with van der Waals surface area (Å²) in [7, 11) is 0. The summed E-state index contributed by atoms with van der Waals surface area (Å²) in [4.78, 5) is 12.0. The van der Waals surface area contributed by atoms with E-state index in [2.05, 4.69) is 12.2 Å². The number of rotatable bonds is 9. The molecule has 0 spiro atoms. The van der Waals surface area contributed by atoms with Crippen LogP contribution in [0.1, 0.15) is 44.2 Å². The third kappa shape index (κ3) is 5.76. The van der Waals surface area contributed by atoms with Crippen LogP contribution in [0.15, 0.2) is 18.2 Å². The number of carbonyl (C=O) groups is 1. The van der Waals surface area contributed by atoms with E-state index in [1.165, 1.54) is 0 Å². The molecule has 0 saturated carbocycles. The number of unbranched alkanes of at least 4 members (excludes halogenated alkanes) is 2. The van der Waals surface area contributed by atoms with Crippen LogP contribution in [0.4, 0.5) is 0 Å². The number of aryl methyl sites for hydroxylation is 1. The molecule has 1 aromatic rings. The van der Waals surface area contributed by atoms with Gasteiger partial charge in [-0.05, 0) is 44.4 Å². The number of carbonyl (C=O) groups excluding carboxylic acids is 1. The summed E-state index contributed by atoms with van der Waals surface area (Å²) < 4.78 is 5.88. The molecule has 1 atom stereocenters. The van der Waals surface area contributed by atoms with Gasteiger partial charge in [-0.25, -0.2) is 0 Å². The Hall–Kier alpha value is -1.55. The van der Waals surface area contributed by atoms with E-state index >= 15 is 0 Å². The number of hydrogen-bond donors (Lipinski definition) is 2. The number of amides is 1. The third-order valence-corrected chi connectivity index (χ3v) is 3.45. The van der Waals surface area contributed by atoms with Crippen molar-refractivity contribution in [3.63, 3.8) is 0 Å². The summed E-state index contributed by atoms with van der Waals surface area (Å²) in [5.74, 6) is 0.729. The summed E-state index contributed by atoms with van der Waals surface area (Å²) in [6, 6.07) is 5.98. The summed E-state index contributed by atoms with van der Waals surface area (Å²) >= 11 is 0.